The van der Waals surface area contributed by atoms with Crippen molar-refractivity contribution in [2.45, 2.75) is 6.54 Å². The Bertz CT molecular complexity index is 980. The SMILES string of the molecule is COc1ccc(C(=O)Cn2nc(N)n(Nc3ccc(Br)cc3)c2=S)cc1. The standard InChI is InChI=1S/C17H16BrN5O2S/c1-25-14-8-2-11(3-9-14)15(24)10-22-17(26)23(16(19)21-22)20-13-6-4-12(18)5-7-13/h2-9,20H,10H2,1H3,(H2,19,21). The molecule has 0 atom stereocenters. The molecule has 7 nitrogen and oxygen atoms in total. The molecule has 3 rings (SSSR count). The molecule has 1 aromatic heterocycles. The summed E-state index contributed by atoms with van der Waals surface area (Å²) >= 11 is 8.77. The van der Waals surface area contributed by atoms with Gasteiger partial charge in [0.1, 0.15) is 12.3 Å². The van der Waals surface area contributed by atoms with Crippen LogP contribution in [0.15, 0.2) is 53.0 Å². The molecule has 1 heterocycles. The fraction of sp³-hybridized carbons (Fsp3) is 0.118. The summed E-state index contributed by atoms with van der Waals surface area (Å²) in [5, 5.41) is 4.16. The first-order valence-corrected chi connectivity index (χ1v) is 8.83. The summed E-state index contributed by atoms with van der Waals surface area (Å²) in [6, 6.07) is 14.4. The van der Waals surface area contributed by atoms with Crippen LogP contribution in [0.3, 0.4) is 0 Å². The van der Waals surface area contributed by atoms with Gasteiger partial charge < -0.3 is 10.5 Å². The minimum absolute atomic E-state index is 0.00954. The van der Waals surface area contributed by atoms with Gasteiger partial charge in [0.05, 0.1) is 12.8 Å². The van der Waals surface area contributed by atoms with Crippen molar-refractivity contribution in [1.29, 1.82) is 0 Å². The number of hydrogen-bond acceptors (Lipinski definition) is 6. The van der Waals surface area contributed by atoms with Crippen molar-refractivity contribution in [3.8, 4) is 5.75 Å². The van der Waals surface area contributed by atoms with E-state index in [1.165, 1.54) is 9.36 Å². The van der Waals surface area contributed by atoms with Crippen molar-refractivity contribution >= 4 is 45.6 Å². The van der Waals surface area contributed by atoms with Crippen molar-refractivity contribution in [3.05, 3.63) is 63.3 Å². The van der Waals surface area contributed by atoms with Crippen LogP contribution in [0.4, 0.5) is 11.6 Å². The Morgan fingerprint density at radius 3 is 2.50 bits per heavy atom. The van der Waals surface area contributed by atoms with Crippen LogP contribution in [0.25, 0.3) is 0 Å². The monoisotopic (exact) mass is 433 g/mol. The third-order valence-electron chi connectivity index (χ3n) is 3.65. The average molecular weight is 434 g/mol. The molecule has 3 N–H and O–H groups in total. The minimum atomic E-state index is -0.128. The number of hydrogen-bond donors (Lipinski definition) is 2. The Morgan fingerprint density at radius 2 is 1.88 bits per heavy atom. The van der Waals surface area contributed by atoms with Gasteiger partial charge in [-0.2, -0.15) is 4.68 Å². The fourth-order valence-corrected chi connectivity index (χ4v) is 2.80. The summed E-state index contributed by atoms with van der Waals surface area (Å²) in [4.78, 5) is 12.5. The minimum Gasteiger partial charge on any atom is -0.497 e. The lowest BCUT2D eigenvalue weighted by molar-refractivity contribution is 0.0967. The fourth-order valence-electron chi connectivity index (χ4n) is 2.29. The number of ketones is 1. The molecule has 0 amide bonds. The maximum Gasteiger partial charge on any atom is 0.240 e. The Labute approximate surface area is 163 Å². The normalized spacial score (nSPS) is 10.5. The smallest absolute Gasteiger partial charge is 0.240 e. The molecule has 2 aromatic carbocycles. The zero-order valence-electron chi connectivity index (χ0n) is 13.8. The van der Waals surface area contributed by atoms with Crippen LogP contribution in [0.1, 0.15) is 10.4 Å². The average Bonchev–Trinajstić information content (AvgIpc) is 2.91. The highest BCUT2D eigenvalue weighted by atomic mass is 79.9. The van der Waals surface area contributed by atoms with Crippen LogP contribution < -0.4 is 15.9 Å². The number of nitrogens with zero attached hydrogens (tertiary/aromatic N) is 3. The first-order valence-electron chi connectivity index (χ1n) is 7.63. The molecule has 0 aliphatic heterocycles. The van der Waals surface area contributed by atoms with Crippen molar-refractivity contribution in [2.75, 3.05) is 18.3 Å². The van der Waals surface area contributed by atoms with E-state index in [1.54, 1.807) is 31.4 Å². The molecule has 0 aliphatic rings. The number of benzene rings is 2. The second-order valence-electron chi connectivity index (χ2n) is 5.40. The first kappa shape index (κ1) is 18.2. The lowest BCUT2D eigenvalue weighted by Gasteiger charge is -2.07. The third kappa shape index (κ3) is 3.94. The van der Waals surface area contributed by atoms with E-state index < -0.39 is 0 Å². The topological polar surface area (TPSA) is 87.1 Å². The molecule has 0 spiro atoms. The van der Waals surface area contributed by atoms with Crippen molar-refractivity contribution in [1.82, 2.24) is 14.5 Å². The number of Topliss-reactive ketones (excluding diaryl/α,β-unsaturated/α-hetero) is 1. The Morgan fingerprint density at radius 1 is 1.23 bits per heavy atom. The molecule has 0 fully saturated rings. The van der Waals surface area contributed by atoms with E-state index in [4.69, 9.17) is 22.7 Å². The number of nitrogens with two attached hydrogens (primary N) is 1. The summed E-state index contributed by atoms with van der Waals surface area (Å²) in [5.74, 6) is 0.725. The number of rotatable bonds is 6. The van der Waals surface area contributed by atoms with E-state index in [0.717, 1.165) is 10.2 Å². The molecular formula is C17H16BrN5O2S. The molecule has 0 bridgehead atoms. The Balaban J connectivity index is 1.79. The second kappa shape index (κ2) is 7.71. The summed E-state index contributed by atoms with van der Waals surface area (Å²) in [6.07, 6.45) is 0. The highest BCUT2D eigenvalue weighted by Gasteiger charge is 2.13. The molecule has 0 unspecified atom stereocenters. The maximum absolute atomic E-state index is 12.5. The van der Waals surface area contributed by atoms with E-state index in [0.29, 0.717) is 16.1 Å². The van der Waals surface area contributed by atoms with Crippen molar-refractivity contribution < 1.29 is 9.53 Å². The zero-order chi connectivity index (χ0) is 18.7. The van der Waals surface area contributed by atoms with Crippen LogP contribution in [0, 0.1) is 4.77 Å². The van der Waals surface area contributed by atoms with Crippen LogP contribution in [0.5, 0.6) is 5.75 Å². The number of anilines is 2. The number of halogens is 1. The van der Waals surface area contributed by atoms with E-state index in [9.17, 15) is 4.79 Å². The molecule has 0 saturated carbocycles. The summed E-state index contributed by atoms with van der Waals surface area (Å²) in [5.41, 5.74) is 10.3. The summed E-state index contributed by atoms with van der Waals surface area (Å²) in [6.45, 7) is -0.00954. The van der Waals surface area contributed by atoms with Gasteiger partial charge in [-0.05, 0) is 60.7 Å². The number of nitrogens with one attached hydrogen (secondary N) is 1. The van der Waals surface area contributed by atoms with E-state index in [-0.39, 0.29) is 18.3 Å². The lowest BCUT2D eigenvalue weighted by atomic mass is 10.1. The molecule has 0 saturated heterocycles. The van der Waals surface area contributed by atoms with Crippen molar-refractivity contribution in [2.24, 2.45) is 0 Å². The van der Waals surface area contributed by atoms with Gasteiger partial charge in [-0.1, -0.05) is 15.9 Å². The summed E-state index contributed by atoms with van der Waals surface area (Å²) in [7, 11) is 1.57. The van der Waals surface area contributed by atoms with Gasteiger partial charge in [0.15, 0.2) is 5.78 Å². The maximum atomic E-state index is 12.5. The molecule has 26 heavy (non-hydrogen) atoms. The third-order valence-corrected chi connectivity index (χ3v) is 4.58. The highest BCUT2D eigenvalue weighted by molar-refractivity contribution is 9.10. The largest absolute Gasteiger partial charge is 0.497 e. The number of ether oxygens (including phenoxy) is 1. The number of methoxy groups -OCH3 is 1. The molecular weight excluding hydrogens is 418 g/mol. The predicted octanol–water partition coefficient (Wildman–Crippen LogP) is 3.53. The van der Waals surface area contributed by atoms with Crippen LogP contribution in [-0.4, -0.2) is 27.3 Å². The van der Waals surface area contributed by atoms with Gasteiger partial charge >= 0.3 is 0 Å². The predicted molar refractivity (Wildman–Crippen MR) is 106 cm³/mol. The molecule has 0 radical (unpaired) electrons. The van der Waals surface area contributed by atoms with Gasteiger partial charge in [-0.25, -0.2) is 4.68 Å². The van der Waals surface area contributed by atoms with E-state index in [2.05, 4.69) is 26.5 Å². The van der Waals surface area contributed by atoms with Gasteiger partial charge in [-0.15, -0.1) is 5.10 Å². The number of aromatic nitrogens is 3. The quantitative estimate of drug-likeness (QED) is 0.456. The molecule has 0 aliphatic carbocycles. The van der Waals surface area contributed by atoms with Gasteiger partial charge in [0.25, 0.3) is 0 Å². The van der Waals surface area contributed by atoms with Crippen LogP contribution in [-0.2, 0) is 6.54 Å². The van der Waals surface area contributed by atoms with Crippen LogP contribution >= 0.6 is 28.1 Å². The zero-order valence-corrected chi connectivity index (χ0v) is 16.3. The number of nitrogen functional groups attached to an aromatic ring is 1. The van der Waals surface area contributed by atoms with Crippen molar-refractivity contribution in [3.63, 3.8) is 0 Å². The van der Waals surface area contributed by atoms with Crippen LogP contribution in [0.2, 0.25) is 0 Å². The van der Waals surface area contributed by atoms with Gasteiger partial charge in [-0.3, -0.25) is 10.2 Å². The highest BCUT2D eigenvalue weighted by Crippen LogP contribution is 2.16. The van der Waals surface area contributed by atoms with Gasteiger partial charge in [0.2, 0.25) is 10.7 Å². The second-order valence-corrected chi connectivity index (χ2v) is 6.69. The summed E-state index contributed by atoms with van der Waals surface area (Å²) < 4.78 is 9.20. The molecule has 134 valence electrons. The first-order chi connectivity index (χ1) is 12.5. The number of carbonyl (C=O) groups is 1. The Hall–Kier alpha value is -2.65. The Kier molecular flexibility index (Phi) is 5.38. The number of carbonyl (C=O) groups excluding carboxylic acids is 1. The van der Waals surface area contributed by atoms with E-state index in [1.807, 2.05) is 24.3 Å². The van der Waals surface area contributed by atoms with Gasteiger partial charge in [0, 0.05) is 10.0 Å². The van der Waals surface area contributed by atoms with E-state index >= 15 is 0 Å². The molecule has 3 aromatic rings. The lowest BCUT2D eigenvalue weighted by Crippen LogP contribution is -2.14. The molecule has 9 heteroatoms.